The van der Waals surface area contributed by atoms with Crippen LogP contribution >= 0.6 is 22.7 Å². The first-order valence-electron chi connectivity index (χ1n) is 14.9. The third-order valence-corrected chi connectivity index (χ3v) is 11.3. The normalized spacial score (nSPS) is 17.6. The average molecular weight is 595 g/mol. The zero-order valence-corrected chi connectivity index (χ0v) is 26.2. The van der Waals surface area contributed by atoms with Crippen molar-refractivity contribution >= 4 is 51.3 Å². The molecule has 0 saturated carbocycles. The van der Waals surface area contributed by atoms with Crippen LogP contribution in [0.2, 0.25) is 0 Å². The predicted octanol–water partition coefficient (Wildman–Crippen LogP) is 8.61. The molecule has 216 valence electrons. The molecule has 0 unspecified atom stereocenters. The van der Waals surface area contributed by atoms with E-state index in [0.29, 0.717) is 5.41 Å². The molecule has 1 aromatic carbocycles. The smallest absolute Gasteiger partial charge is 0.137 e. The van der Waals surface area contributed by atoms with Crippen LogP contribution in [0.4, 0.5) is 17.2 Å². The molecule has 7 heteroatoms. The number of fused-ring (bicyclic) bond motifs is 3. The molecule has 3 aromatic heterocycles. The molecule has 1 spiro atoms. The maximum atomic E-state index is 5.66. The zero-order valence-electron chi connectivity index (χ0n) is 24.5. The standard InChI is InChI=1S/C35H38N4OS2/c1-23-19-30(34(36-21-23)38-15-11-35(22-38)12-16-40-17-13-35)25(3)37-29-7-5-27(6-8-29)26(4)39-14-9-28-20-24(2)42-32(28)33-31(39)10-18-41-33/h5-8,10,18-21,37H,3-4,9,11-17,22H2,1-2H3. The quantitative estimate of drug-likeness (QED) is 0.242. The SMILES string of the molecule is C=C(Nc1ccc(C(=C)N2CCc3cc(C)sc3-c3sccc32)cc1)c1cc(C)cnc1N1CCC2(CCOCC2)C1. The van der Waals surface area contributed by atoms with Gasteiger partial charge in [0.2, 0.25) is 0 Å². The highest BCUT2D eigenvalue weighted by Crippen LogP contribution is 2.46. The van der Waals surface area contributed by atoms with Gasteiger partial charge in [0.05, 0.1) is 10.6 Å². The summed E-state index contributed by atoms with van der Waals surface area (Å²) in [6, 6.07) is 15.4. The second kappa shape index (κ2) is 11.0. The number of rotatable bonds is 6. The summed E-state index contributed by atoms with van der Waals surface area (Å²) in [7, 11) is 0. The van der Waals surface area contributed by atoms with Crippen molar-refractivity contribution in [3.05, 3.63) is 94.3 Å². The van der Waals surface area contributed by atoms with E-state index in [9.17, 15) is 0 Å². The van der Waals surface area contributed by atoms with Crippen LogP contribution in [-0.2, 0) is 11.2 Å². The highest BCUT2D eigenvalue weighted by atomic mass is 32.1. The lowest BCUT2D eigenvalue weighted by atomic mass is 9.80. The number of pyridine rings is 1. The molecule has 0 amide bonds. The van der Waals surface area contributed by atoms with E-state index in [0.717, 1.165) is 91.7 Å². The monoisotopic (exact) mass is 594 g/mol. The Morgan fingerprint density at radius 3 is 2.62 bits per heavy atom. The lowest BCUT2D eigenvalue weighted by Gasteiger charge is -2.33. The number of thiophene rings is 2. The van der Waals surface area contributed by atoms with Gasteiger partial charge in [-0.1, -0.05) is 25.3 Å². The third kappa shape index (κ3) is 5.08. The van der Waals surface area contributed by atoms with Gasteiger partial charge in [-0.3, -0.25) is 0 Å². The minimum absolute atomic E-state index is 0.358. The summed E-state index contributed by atoms with van der Waals surface area (Å²) in [5.74, 6) is 1.03. The number of aromatic nitrogens is 1. The molecule has 0 aliphatic carbocycles. The van der Waals surface area contributed by atoms with Crippen LogP contribution in [0.1, 0.15) is 46.4 Å². The lowest BCUT2D eigenvalue weighted by molar-refractivity contribution is 0.0254. The Labute approximate surface area is 257 Å². The van der Waals surface area contributed by atoms with E-state index in [4.69, 9.17) is 9.72 Å². The molecular weight excluding hydrogens is 557 g/mol. The molecule has 4 aromatic rings. The van der Waals surface area contributed by atoms with Crippen LogP contribution in [-0.4, -0.2) is 37.8 Å². The Kier molecular flexibility index (Phi) is 7.21. The molecule has 0 atom stereocenters. The molecule has 3 aliphatic rings. The van der Waals surface area contributed by atoms with Crippen LogP contribution < -0.4 is 15.1 Å². The number of aryl methyl sites for hydroxylation is 2. The summed E-state index contributed by atoms with van der Waals surface area (Å²) in [5, 5.41) is 5.78. The Hall–Kier alpha value is -3.39. The van der Waals surface area contributed by atoms with Crippen molar-refractivity contribution in [3.63, 3.8) is 0 Å². The number of nitrogens with one attached hydrogen (secondary N) is 1. The van der Waals surface area contributed by atoms with E-state index in [1.165, 1.54) is 32.3 Å². The van der Waals surface area contributed by atoms with Gasteiger partial charge in [-0.15, -0.1) is 22.7 Å². The second-order valence-electron chi connectivity index (χ2n) is 12.0. The van der Waals surface area contributed by atoms with Gasteiger partial charge < -0.3 is 19.9 Å². The van der Waals surface area contributed by atoms with Crippen molar-refractivity contribution in [1.82, 2.24) is 4.98 Å². The van der Waals surface area contributed by atoms with Crippen LogP contribution in [0.15, 0.2) is 67.2 Å². The lowest BCUT2D eigenvalue weighted by Crippen LogP contribution is -2.33. The van der Waals surface area contributed by atoms with E-state index < -0.39 is 0 Å². The summed E-state index contributed by atoms with van der Waals surface area (Å²) in [6.45, 7) is 18.1. The largest absolute Gasteiger partial charge is 0.381 e. The van der Waals surface area contributed by atoms with Gasteiger partial charge in [0.25, 0.3) is 0 Å². The van der Waals surface area contributed by atoms with E-state index in [1.807, 2.05) is 28.9 Å². The van der Waals surface area contributed by atoms with Gasteiger partial charge in [0, 0.05) is 71.4 Å². The molecule has 2 saturated heterocycles. The van der Waals surface area contributed by atoms with E-state index in [-0.39, 0.29) is 0 Å². The fourth-order valence-electron chi connectivity index (χ4n) is 6.77. The van der Waals surface area contributed by atoms with Crippen LogP contribution in [0.25, 0.3) is 21.1 Å². The number of anilines is 3. The van der Waals surface area contributed by atoms with E-state index in [1.54, 1.807) is 0 Å². The van der Waals surface area contributed by atoms with E-state index >= 15 is 0 Å². The number of nitrogens with zero attached hydrogens (tertiary/aromatic N) is 3. The summed E-state index contributed by atoms with van der Waals surface area (Å²) >= 11 is 3.74. The van der Waals surface area contributed by atoms with E-state index in [2.05, 4.69) is 90.0 Å². The first-order chi connectivity index (χ1) is 20.4. The van der Waals surface area contributed by atoms with Crippen molar-refractivity contribution in [2.75, 3.05) is 48.0 Å². The molecule has 42 heavy (non-hydrogen) atoms. The first kappa shape index (κ1) is 27.4. The summed E-state index contributed by atoms with van der Waals surface area (Å²) in [6.07, 6.45) is 6.48. The molecular formula is C35H38N4OS2. The number of benzene rings is 1. The van der Waals surface area contributed by atoms with Crippen LogP contribution in [0.5, 0.6) is 0 Å². The maximum absolute atomic E-state index is 5.66. The molecule has 2 fully saturated rings. The second-order valence-corrected chi connectivity index (χ2v) is 14.2. The number of hydrogen-bond donors (Lipinski definition) is 1. The Bertz CT molecular complexity index is 1640. The predicted molar refractivity (Wildman–Crippen MR) is 180 cm³/mol. The Morgan fingerprint density at radius 2 is 1.81 bits per heavy atom. The molecule has 0 bridgehead atoms. The van der Waals surface area contributed by atoms with Gasteiger partial charge in [-0.2, -0.15) is 0 Å². The number of ether oxygens (including phenoxy) is 1. The molecule has 0 radical (unpaired) electrons. The molecule has 6 heterocycles. The van der Waals surface area contributed by atoms with Crippen molar-refractivity contribution in [3.8, 4) is 9.75 Å². The Balaban J connectivity index is 1.07. The summed E-state index contributed by atoms with van der Waals surface area (Å²) in [4.78, 5) is 13.9. The van der Waals surface area contributed by atoms with Gasteiger partial charge in [-0.05, 0) is 97.3 Å². The maximum Gasteiger partial charge on any atom is 0.137 e. The zero-order chi connectivity index (χ0) is 28.8. The van der Waals surface area contributed by atoms with Crippen molar-refractivity contribution in [2.45, 2.75) is 39.5 Å². The highest BCUT2D eigenvalue weighted by molar-refractivity contribution is 7.22. The van der Waals surface area contributed by atoms with Crippen LogP contribution in [0.3, 0.4) is 0 Å². The first-order valence-corrected chi connectivity index (χ1v) is 16.6. The molecule has 3 aliphatic heterocycles. The van der Waals surface area contributed by atoms with Gasteiger partial charge in [-0.25, -0.2) is 4.98 Å². The minimum atomic E-state index is 0.358. The minimum Gasteiger partial charge on any atom is -0.381 e. The van der Waals surface area contributed by atoms with Crippen molar-refractivity contribution < 1.29 is 4.74 Å². The van der Waals surface area contributed by atoms with Crippen molar-refractivity contribution in [1.29, 1.82) is 0 Å². The molecule has 5 nitrogen and oxygen atoms in total. The van der Waals surface area contributed by atoms with Crippen LogP contribution in [0, 0.1) is 19.3 Å². The third-order valence-electron chi connectivity index (χ3n) is 9.14. The fourth-order valence-corrected chi connectivity index (χ4v) is 8.92. The average Bonchev–Trinajstić information content (AvgIpc) is 3.71. The fraction of sp³-hybridized carbons (Fsp3) is 0.343. The van der Waals surface area contributed by atoms with Crippen molar-refractivity contribution in [2.24, 2.45) is 5.41 Å². The topological polar surface area (TPSA) is 40.6 Å². The summed E-state index contributed by atoms with van der Waals surface area (Å²) < 4.78 is 5.66. The summed E-state index contributed by atoms with van der Waals surface area (Å²) in [5.41, 5.74) is 9.34. The molecule has 7 rings (SSSR count). The van der Waals surface area contributed by atoms with Gasteiger partial charge >= 0.3 is 0 Å². The van der Waals surface area contributed by atoms with Gasteiger partial charge in [0.1, 0.15) is 5.82 Å². The molecule has 1 N–H and O–H groups in total. The van der Waals surface area contributed by atoms with Gasteiger partial charge in [0.15, 0.2) is 0 Å². The Morgan fingerprint density at radius 1 is 1.00 bits per heavy atom. The highest BCUT2D eigenvalue weighted by Gasteiger charge is 2.40. The number of hydrogen-bond acceptors (Lipinski definition) is 7.